The number of nitrogens with one attached hydrogen (secondary N) is 1. The van der Waals surface area contributed by atoms with Crippen LogP contribution in [0.25, 0.3) is 10.9 Å². The normalized spacial score (nSPS) is 15.3. The van der Waals surface area contributed by atoms with E-state index in [1.807, 2.05) is 0 Å². The molecule has 2 aromatic carbocycles. The van der Waals surface area contributed by atoms with E-state index in [4.69, 9.17) is 0 Å². The number of thiazole rings is 1. The van der Waals surface area contributed by atoms with Gasteiger partial charge < -0.3 is 14.4 Å². The first-order valence-electron chi connectivity index (χ1n) is 11.1. The Bertz CT molecular complexity index is 1550. The van der Waals surface area contributed by atoms with Gasteiger partial charge >= 0.3 is 0 Å². The largest absolute Gasteiger partial charge is 0.333 e. The highest BCUT2D eigenvalue weighted by atomic mass is 32.2. The second-order valence-electron chi connectivity index (χ2n) is 8.32. The number of rotatable bonds is 6. The number of benzene rings is 2. The summed E-state index contributed by atoms with van der Waals surface area (Å²) in [4.78, 5) is 33.0. The van der Waals surface area contributed by atoms with E-state index in [1.165, 1.54) is 45.5 Å². The van der Waals surface area contributed by atoms with Crippen molar-refractivity contribution in [2.24, 2.45) is 0 Å². The summed E-state index contributed by atoms with van der Waals surface area (Å²) in [7, 11) is -3.80. The molecule has 0 spiro atoms. The van der Waals surface area contributed by atoms with Gasteiger partial charge in [-0.15, -0.1) is 11.3 Å². The lowest BCUT2D eigenvalue weighted by Crippen LogP contribution is -2.53. The van der Waals surface area contributed by atoms with Gasteiger partial charge in [-0.05, 0) is 43.3 Å². The lowest BCUT2D eigenvalue weighted by molar-refractivity contribution is -0.139. The van der Waals surface area contributed by atoms with Crippen LogP contribution in [0.1, 0.15) is 15.8 Å². The third-order valence-corrected chi connectivity index (χ3v) is 8.28. The Balaban J connectivity index is 0.00000200. The van der Waals surface area contributed by atoms with Gasteiger partial charge in [0.05, 0.1) is 10.4 Å². The van der Waals surface area contributed by atoms with Gasteiger partial charge in [-0.25, -0.2) is 17.8 Å². The van der Waals surface area contributed by atoms with Crippen molar-refractivity contribution in [2.45, 2.75) is 17.9 Å². The standard InChI is InChI=1S/C24H22FN5O4S2.2H2/c1-16(29-11-9-17-3-2-4-20(25)22(17)29)23(32)28-12-13-30(21(31)15-28)18-5-7-19(8-6-18)36(33,34)27-24-26-10-14-35-24;;/h2-11,14,16H,12-13,15H2,1H3,(H,26,27);2*1H/t16-;;/m0../s1. The maximum absolute atomic E-state index is 14.4. The van der Waals surface area contributed by atoms with E-state index in [2.05, 4.69) is 9.71 Å². The topological polar surface area (TPSA) is 105 Å². The molecule has 3 heterocycles. The summed E-state index contributed by atoms with van der Waals surface area (Å²) >= 11 is 1.17. The number of sulfonamides is 1. The SMILES string of the molecule is C[C@@H](C(=O)N1CCN(c2ccc(S(=O)(=O)Nc3nccs3)cc2)C(=O)C1)n1ccc2cccc(F)c21.[HH].[HH]. The van der Waals surface area contributed by atoms with Crippen LogP contribution in [0.3, 0.4) is 0 Å². The molecule has 190 valence electrons. The number of para-hydroxylation sites is 1. The number of piperazine rings is 1. The second kappa shape index (κ2) is 9.36. The Morgan fingerprint density at radius 3 is 2.64 bits per heavy atom. The second-order valence-corrected chi connectivity index (χ2v) is 10.9. The molecule has 0 radical (unpaired) electrons. The van der Waals surface area contributed by atoms with E-state index in [0.29, 0.717) is 23.1 Å². The summed E-state index contributed by atoms with van der Waals surface area (Å²) in [5, 5.41) is 2.62. The average molecular weight is 532 g/mol. The molecule has 0 saturated carbocycles. The van der Waals surface area contributed by atoms with Gasteiger partial charge in [0.15, 0.2) is 5.13 Å². The maximum atomic E-state index is 14.4. The zero-order valence-corrected chi connectivity index (χ0v) is 20.8. The highest BCUT2D eigenvalue weighted by Gasteiger charge is 2.31. The van der Waals surface area contributed by atoms with E-state index in [-0.39, 0.29) is 37.8 Å². The van der Waals surface area contributed by atoms with Gasteiger partial charge in [-0.1, -0.05) is 12.1 Å². The van der Waals surface area contributed by atoms with Crippen LogP contribution < -0.4 is 9.62 Å². The molecular weight excluding hydrogens is 505 g/mol. The van der Waals surface area contributed by atoms with Crippen molar-refractivity contribution in [3.05, 3.63) is 72.1 Å². The minimum atomic E-state index is -3.80. The molecule has 5 rings (SSSR count). The number of amides is 2. The number of fused-ring (bicyclic) bond motifs is 1. The van der Waals surface area contributed by atoms with Crippen molar-refractivity contribution in [3.63, 3.8) is 0 Å². The summed E-state index contributed by atoms with van der Waals surface area (Å²) in [6.07, 6.45) is 3.18. The quantitative estimate of drug-likeness (QED) is 0.406. The number of halogens is 1. The first-order chi connectivity index (χ1) is 17.2. The number of aromatic nitrogens is 2. The molecule has 4 aromatic rings. The van der Waals surface area contributed by atoms with Crippen LogP contribution in [0.15, 0.2) is 71.2 Å². The van der Waals surface area contributed by atoms with Crippen molar-refractivity contribution in [2.75, 3.05) is 29.3 Å². The molecule has 1 aliphatic rings. The number of carbonyl (C=O) groups is 2. The fourth-order valence-corrected chi connectivity index (χ4v) is 6.06. The summed E-state index contributed by atoms with van der Waals surface area (Å²) in [5.74, 6) is -0.981. The molecule has 2 amide bonds. The Hall–Kier alpha value is -3.77. The lowest BCUT2D eigenvalue weighted by Gasteiger charge is -2.35. The lowest BCUT2D eigenvalue weighted by atomic mass is 10.2. The minimum absolute atomic E-state index is 0. The number of hydrogen-bond donors (Lipinski definition) is 1. The Kier molecular flexibility index (Phi) is 6.22. The van der Waals surface area contributed by atoms with Gasteiger partial charge in [-0.3, -0.25) is 14.3 Å². The smallest absolute Gasteiger partial charge is 0.263 e. The maximum Gasteiger partial charge on any atom is 0.263 e. The highest BCUT2D eigenvalue weighted by molar-refractivity contribution is 7.93. The molecule has 9 nitrogen and oxygen atoms in total. The Morgan fingerprint density at radius 1 is 1.17 bits per heavy atom. The summed E-state index contributed by atoms with van der Waals surface area (Å²) < 4.78 is 43.5. The van der Waals surface area contributed by atoms with E-state index >= 15 is 0 Å². The molecule has 12 heteroatoms. The molecule has 0 bridgehead atoms. The average Bonchev–Trinajstić information content (AvgIpc) is 3.53. The minimum Gasteiger partial charge on any atom is -0.333 e. The molecule has 0 unspecified atom stereocenters. The zero-order valence-electron chi connectivity index (χ0n) is 19.2. The molecule has 1 aliphatic heterocycles. The third-order valence-electron chi connectivity index (χ3n) is 6.11. The van der Waals surface area contributed by atoms with Gasteiger partial charge in [0.25, 0.3) is 10.0 Å². The van der Waals surface area contributed by atoms with E-state index < -0.39 is 21.9 Å². The van der Waals surface area contributed by atoms with Gasteiger partial charge in [-0.2, -0.15) is 0 Å². The van der Waals surface area contributed by atoms with Gasteiger partial charge in [0, 0.05) is 44.8 Å². The Morgan fingerprint density at radius 2 is 1.94 bits per heavy atom. The predicted octanol–water partition coefficient (Wildman–Crippen LogP) is 3.97. The van der Waals surface area contributed by atoms with E-state index in [0.717, 1.165) is 0 Å². The molecule has 36 heavy (non-hydrogen) atoms. The third kappa shape index (κ3) is 4.44. The van der Waals surface area contributed by atoms with Crippen LogP contribution >= 0.6 is 11.3 Å². The van der Waals surface area contributed by atoms with Crippen molar-refractivity contribution in [3.8, 4) is 0 Å². The fourth-order valence-electron chi connectivity index (χ4n) is 4.27. The van der Waals surface area contributed by atoms with Crippen LogP contribution in [-0.2, 0) is 19.6 Å². The molecule has 0 aliphatic carbocycles. The van der Waals surface area contributed by atoms with Crippen LogP contribution in [0.4, 0.5) is 15.2 Å². The van der Waals surface area contributed by atoms with Gasteiger partial charge in [0.2, 0.25) is 11.8 Å². The molecule has 1 saturated heterocycles. The first-order valence-corrected chi connectivity index (χ1v) is 13.5. The zero-order chi connectivity index (χ0) is 25.4. The monoisotopic (exact) mass is 531 g/mol. The van der Waals surface area contributed by atoms with E-state index in [9.17, 15) is 22.4 Å². The summed E-state index contributed by atoms with van der Waals surface area (Å²) in [5.41, 5.74) is 0.884. The van der Waals surface area contributed by atoms with Gasteiger partial charge in [0.1, 0.15) is 18.4 Å². The molecule has 1 N–H and O–H groups in total. The number of hydrogen-bond acceptors (Lipinski definition) is 6. The molecule has 1 fully saturated rings. The molecular formula is C24H26FN5O4S2. The van der Waals surface area contributed by atoms with Crippen LogP contribution in [0, 0.1) is 5.82 Å². The fraction of sp³-hybridized carbons (Fsp3) is 0.208. The van der Waals surface area contributed by atoms with Crippen LogP contribution in [0.5, 0.6) is 0 Å². The predicted molar refractivity (Wildman–Crippen MR) is 139 cm³/mol. The van der Waals surface area contributed by atoms with Crippen molar-refractivity contribution >= 4 is 54.9 Å². The number of nitrogens with zero attached hydrogens (tertiary/aromatic N) is 4. The highest BCUT2D eigenvalue weighted by Crippen LogP contribution is 2.26. The van der Waals surface area contributed by atoms with Crippen LogP contribution in [-0.4, -0.2) is 54.3 Å². The molecule has 1 atom stereocenters. The first kappa shape index (κ1) is 23.9. The van der Waals surface area contributed by atoms with Crippen molar-refractivity contribution in [1.29, 1.82) is 0 Å². The summed E-state index contributed by atoms with van der Waals surface area (Å²) in [6.45, 7) is 2.10. The van der Waals surface area contributed by atoms with Crippen molar-refractivity contribution < 1.29 is 25.3 Å². The van der Waals surface area contributed by atoms with E-state index in [1.54, 1.807) is 53.4 Å². The summed E-state index contributed by atoms with van der Waals surface area (Å²) in [6, 6.07) is 11.8. The number of carbonyl (C=O) groups excluding carboxylic acids is 2. The van der Waals surface area contributed by atoms with Crippen LogP contribution in [0.2, 0.25) is 0 Å². The Labute approximate surface area is 213 Å². The number of anilines is 2. The van der Waals surface area contributed by atoms with Crippen molar-refractivity contribution in [1.82, 2.24) is 14.5 Å². The molecule has 2 aromatic heterocycles.